The van der Waals surface area contributed by atoms with Crippen LogP contribution in [-0.4, -0.2) is 37.7 Å². The van der Waals surface area contributed by atoms with Crippen LogP contribution in [0, 0.1) is 0 Å². The van der Waals surface area contributed by atoms with Crippen molar-refractivity contribution in [2.75, 3.05) is 26.1 Å². The summed E-state index contributed by atoms with van der Waals surface area (Å²) in [5.41, 5.74) is 0.583. The minimum absolute atomic E-state index is 0.00485. The van der Waals surface area contributed by atoms with Gasteiger partial charge in [-0.3, -0.25) is 4.79 Å². The number of hydrogen-bond acceptors (Lipinski definition) is 4. The minimum atomic E-state index is -0.120. The third-order valence-corrected chi connectivity index (χ3v) is 3.47. The van der Waals surface area contributed by atoms with Gasteiger partial charge in [0.2, 0.25) is 0 Å². The molecule has 1 unspecified atom stereocenters. The number of methoxy groups -OCH3 is 1. The molecule has 2 aromatic rings. The Morgan fingerprint density at radius 3 is 2.67 bits per heavy atom. The fourth-order valence-corrected chi connectivity index (χ4v) is 2.30. The second-order valence-electron chi connectivity index (χ2n) is 4.85. The number of nitrogens with zero attached hydrogens (tertiary/aromatic N) is 1. The van der Waals surface area contributed by atoms with Crippen molar-refractivity contribution >= 4 is 22.5 Å². The van der Waals surface area contributed by atoms with Gasteiger partial charge in [-0.25, -0.2) is 4.98 Å². The summed E-state index contributed by atoms with van der Waals surface area (Å²) in [7, 11) is 3.45. The van der Waals surface area contributed by atoms with E-state index in [1.54, 1.807) is 13.3 Å². The topological polar surface area (TPSA) is 63.2 Å². The smallest absolute Gasteiger partial charge is 0.253 e. The number of pyridine rings is 1. The molecule has 21 heavy (non-hydrogen) atoms. The van der Waals surface area contributed by atoms with E-state index >= 15 is 0 Å². The molecule has 1 aromatic heterocycles. The molecule has 0 saturated heterocycles. The fraction of sp³-hybridized carbons (Fsp3) is 0.375. The van der Waals surface area contributed by atoms with Crippen LogP contribution in [0.4, 0.5) is 5.82 Å². The lowest BCUT2D eigenvalue weighted by Crippen LogP contribution is -2.37. The van der Waals surface area contributed by atoms with E-state index in [1.807, 2.05) is 38.2 Å². The SMILES string of the molecule is CCC(COC)NC(=O)c1cnc(NC)c2ccccc12. The predicted octanol–water partition coefficient (Wildman–Crippen LogP) is 2.43. The van der Waals surface area contributed by atoms with Gasteiger partial charge in [-0.05, 0) is 11.8 Å². The lowest BCUT2D eigenvalue weighted by atomic mass is 10.1. The van der Waals surface area contributed by atoms with Crippen molar-refractivity contribution in [1.29, 1.82) is 0 Å². The maximum Gasteiger partial charge on any atom is 0.253 e. The average Bonchev–Trinajstić information content (AvgIpc) is 2.53. The Morgan fingerprint density at radius 1 is 1.33 bits per heavy atom. The molecule has 2 rings (SSSR count). The largest absolute Gasteiger partial charge is 0.383 e. The Labute approximate surface area is 124 Å². The molecule has 1 aromatic carbocycles. The van der Waals surface area contributed by atoms with E-state index in [1.165, 1.54) is 0 Å². The summed E-state index contributed by atoms with van der Waals surface area (Å²) in [4.78, 5) is 16.8. The molecule has 0 aliphatic rings. The van der Waals surface area contributed by atoms with Gasteiger partial charge in [0.05, 0.1) is 18.2 Å². The predicted molar refractivity (Wildman–Crippen MR) is 84.7 cm³/mol. The fourth-order valence-electron chi connectivity index (χ4n) is 2.30. The molecule has 0 aliphatic carbocycles. The summed E-state index contributed by atoms with van der Waals surface area (Å²) in [5.74, 6) is 0.649. The van der Waals surface area contributed by atoms with Crippen LogP contribution in [0.25, 0.3) is 10.8 Å². The normalized spacial score (nSPS) is 12.1. The summed E-state index contributed by atoms with van der Waals surface area (Å²) in [6, 6.07) is 7.75. The number of fused-ring (bicyclic) bond motifs is 1. The number of rotatable bonds is 6. The van der Waals surface area contributed by atoms with Gasteiger partial charge in [0, 0.05) is 25.7 Å². The van der Waals surface area contributed by atoms with Crippen LogP contribution in [0.3, 0.4) is 0 Å². The number of nitrogens with one attached hydrogen (secondary N) is 2. The molecule has 1 heterocycles. The van der Waals surface area contributed by atoms with Crippen molar-refractivity contribution in [3.63, 3.8) is 0 Å². The van der Waals surface area contributed by atoms with Gasteiger partial charge in [0.15, 0.2) is 0 Å². The highest BCUT2D eigenvalue weighted by molar-refractivity contribution is 6.09. The third-order valence-electron chi connectivity index (χ3n) is 3.47. The van der Waals surface area contributed by atoms with E-state index in [0.717, 1.165) is 23.0 Å². The van der Waals surface area contributed by atoms with Gasteiger partial charge in [-0.2, -0.15) is 0 Å². The molecule has 1 atom stereocenters. The van der Waals surface area contributed by atoms with Crippen molar-refractivity contribution in [1.82, 2.24) is 10.3 Å². The Bertz CT molecular complexity index is 628. The summed E-state index contributed by atoms with van der Waals surface area (Å²) in [5, 5.41) is 7.86. The Morgan fingerprint density at radius 2 is 2.05 bits per heavy atom. The van der Waals surface area contributed by atoms with Crippen LogP contribution < -0.4 is 10.6 Å². The summed E-state index contributed by atoms with van der Waals surface area (Å²) in [6.45, 7) is 2.52. The van der Waals surface area contributed by atoms with Crippen LogP contribution in [0.5, 0.6) is 0 Å². The summed E-state index contributed by atoms with van der Waals surface area (Å²) < 4.78 is 5.12. The molecule has 0 bridgehead atoms. The number of carbonyl (C=O) groups excluding carboxylic acids is 1. The zero-order valence-electron chi connectivity index (χ0n) is 12.6. The van der Waals surface area contributed by atoms with E-state index < -0.39 is 0 Å². The molecule has 2 N–H and O–H groups in total. The Hall–Kier alpha value is -2.14. The highest BCUT2D eigenvalue weighted by atomic mass is 16.5. The highest BCUT2D eigenvalue weighted by Crippen LogP contribution is 2.24. The Kier molecular flexibility index (Phi) is 5.11. The van der Waals surface area contributed by atoms with Crippen LogP contribution in [0.1, 0.15) is 23.7 Å². The van der Waals surface area contributed by atoms with Gasteiger partial charge < -0.3 is 15.4 Å². The monoisotopic (exact) mass is 287 g/mol. The van der Waals surface area contributed by atoms with Crippen molar-refractivity contribution in [2.24, 2.45) is 0 Å². The first-order valence-electron chi connectivity index (χ1n) is 7.06. The number of anilines is 1. The maximum absolute atomic E-state index is 12.5. The molecular weight excluding hydrogens is 266 g/mol. The number of carbonyl (C=O) groups is 1. The van der Waals surface area contributed by atoms with Crippen LogP contribution in [0.2, 0.25) is 0 Å². The molecule has 0 saturated carbocycles. The number of ether oxygens (including phenoxy) is 1. The first-order chi connectivity index (χ1) is 10.2. The second kappa shape index (κ2) is 7.04. The van der Waals surface area contributed by atoms with Gasteiger partial charge in [0.1, 0.15) is 5.82 Å². The van der Waals surface area contributed by atoms with Crippen LogP contribution >= 0.6 is 0 Å². The van der Waals surface area contributed by atoms with Crippen molar-refractivity contribution in [3.05, 3.63) is 36.0 Å². The van der Waals surface area contributed by atoms with E-state index in [4.69, 9.17) is 4.74 Å². The number of aromatic nitrogens is 1. The molecule has 5 nitrogen and oxygen atoms in total. The molecular formula is C16H21N3O2. The van der Waals surface area contributed by atoms with Crippen molar-refractivity contribution in [2.45, 2.75) is 19.4 Å². The number of benzene rings is 1. The van der Waals surface area contributed by atoms with Gasteiger partial charge in [0.25, 0.3) is 5.91 Å². The highest BCUT2D eigenvalue weighted by Gasteiger charge is 2.16. The first kappa shape index (κ1) is 15.3. The zero-order valence-corrected chi connectivity index (χ0v) is 12.6. The zero-order chi connectivity index (χ0) is 15.2. The Balaban J connectivity index is 2.36. The van der Waals surface area contributed by atoms with Gasteiger partial charge in [-0.1, -0.05) is 31.2 Å². The van der Waals surface area contributed by atoms with Gasteiger partial charge in [-0.15, -0.1) is 0 Å². The number of hydrogen-bond donors (Lipinski definition) is 2. The number of amides is 1. The molecule has 0 spiro atoms. The quantitative estimate of drug-likeness (QED) is 0.856. The average molecular weight is 287 g/mol. The molecule has 112 valence electrons. The lowest BCUT2D eigenvalue weighted by Gasteiger charge is -2.17. The summed E-state index contributed by atoms with van der Waals surface area (Å²) in [6.07, 6.45) is 2.43. The summed E-state index contributed by atoms with van der Waals surface area (Å²) >= 11 is 0. The molecule has 0 aliphatic heterocycles. The maximum atomic E-state index is 12.5. The molecule has 0 fully saturated rings. The van der Waals surface area contributed by atoms with Crippen LogP contribution in [0.15, 0.2) is 30.5 Å². The standard InChI is InChI=1S/C16H21N3O2/c1-4-11(10-21-3)19-16(20)14-9-18-15(17-2)13-8-6-5-7-12(13)14/h5-9,11H,4,10H2,1-3H3,(H,17,18)(H,19,20). The molecule has 1 amide bonds. The van der Waals surface area contributed by atoms with Crippen molar-refractivity contribution in [3.8, 4) is 0 Å². The van der Waals surface area contributed by atoms with E-state index in [2.05, 4.69) is 15.6 Å². The van der Waals surface area contributed by atoms with E-state index in [0.29, 0.717) is 12.2 Å². The molecule has 5 heteroatoms. The first-order valence-corrected chi connectivity index (χ1v) is 7.06. The second-order valence-corrected chi connectivity index (χ2v) is 4.85. The third kappa shape index (κ3) is 3.31. The van der Waals surface area contributed by atoms with Crippen molar-refractivity contribution < 1.29 is 9.53 Å². The van der Waals surface area contributed by atoms with Gasteiger partial charge >= 0.3 is 0 Å². The van der Waals surface area contributed by atoms with E-state index in [-0.39, 0.29) is 11.9 Å². The van der Waals surface area contributed by atoms with E-state index in [9.17, 15) is 4.79 Å². The lowest BCUT2D eigenvalue weighted by molar-refractivity contribution is 0.0896. The minimum Gasteiger partial charge on any atom is -0.383 e. The molecule has 0 radical (unpaired) electrons. The van der Waals surface area contributed by atoms with Crippen LogP contribution in [-0.2, 0) is 4.74 Å².